The van der Waals surface area contributed by atoms with Gasteiger partial charge in [-0.3, -0.25) is 0 Å². The summed E-state index contributed by atoms with van der Waals surface area (Å²) in [6.45, 7) is 3.94. The molecule has 0 bridgehead atoms. The van der Waals surface area contributed by atoms with Gasteiger partial charge in [-0.05, 0) is 54.1 Å². The highest BCUT2D eigenvalue weighted by atomic mass is 127. The van der Waals surface area contributed by atoms with Gasteiger partial charge >= 0.3 is 0 Å². The zero-order valence-electron chi connectivity index (χ0n) is 9.77. The van der Waals surface area contributed by atoms with Crippen molar-refractivity contribution in [2.45, 2.75) is 20.3 Å². The second-order valence-corrected chi connectivity index (χ2v) is 4.90. The average Bonchev–Trinajstić information content (AvgIpc) is 2.28. The number of benzene rings is 1. The van der Waals surface area contributed by atoms with E-state index in [2.05, 4.69) is 39.5 Å². The monoisotopic (exact) mass is 340 g/mol. The van der Waals surface area contributed by atoms with Crippen LogP contribution in [0.25, 0.3) is 0 Å². The fourth-order valence-corrected chi connectivity index (χ4v) is 2.00. The molecule has 0 saturated heterocycles. The fraction of sp³-hybridized carbons (Fsp3) is 0.231. The van der Waals surface area contributed by atoms with Gasteiger partial charge in [-0.2, -0.15) is 4.98 Å². The summed E-state index contributed by atoms with van der Waals surface area (Å²) in [6, 6.07) is 9.77. The first-order valence-corrected chi connectivity index (χ1v) is 6.53. The van der Waals surface area contributed by atoms with E-state index in [1.54, 1.807) is 0 Å². The molecule has 1 aromatic carbocycles. The predicted molar refractivity (Wildman–Crippen MR) is 75.4 cm³/mol. The number of ether oxygens (including phenoxy) is 1. The normalized spacial score (nSPS) is 10.3. The minimum atomic E-state index is 0.608. The van der Waals surface area contributed by atoms with Gasteiger partial charge in [0.15, 0.2) is 0 Å². The Bertz CT molecular complexity index is 529. The zero-order chi connectivity index (χ0) is 12.3. The maximum absolute atomic E-state index is 5.73. The molecule has 0 saturated carbocycles. The number of aryl methyl sites for hydroxylation is 2. The van der Waals surface area contributed by atoms with Crippen molar-refractivity contribution < 1.29 is 4.74 Å². The van der Waals surface area contributed by atoms with Gasteiger partial charge in [-0.1, -0.05) is 13.0 Å². The lowest BCUT2D eigenvalue weighted by atomic mass is 10.3. The van der Waals surface area contributed by atoms with Gasteiger partial charge in [-0.25, -0.2) is 4.98 Å². The average molecular weight is 340 g/mol. The molecule has 88 valence electrons. The molecule has 0 N–H and O–H groups in total. The summed E-state index contributed by atoms with van der Waals surface area (Å²) in [7, 11) is 0. The second-order valence-electron chi connectivity index (χ2n) is 3.66. The Hall–Kier alpha value is -1.17. The molecule has 0 spiro atoms. The van der Waals surface area contributed by atoms with E-state index in [9.17, 15) is 0 Å². The Morgan fingerprint density at radius 1 is 1.24 bits per heavy atom. The Morgan fingerprint density at radius 2 is 2.06 bits per heavy atom. The van der Waals surface area contributed by atoms with E-state index in [0.717, 1.165) is 27.3 Å². The molecule has 0 radical (unpaired) electrons. The minimum absolute atomic E-state index is 0.608. The van der Waals surface area contributed by atoms with Crippen LogP contribution in [0.5, 0.6) is 11.6 Å². The number of hydrogen-bond acceptors (Lipinski definition) is 3. The van der Waals surface area contributed by atoms with E-state index in [1.807, 2.05) is 37.3 Å². The van der Waals surface area contributed by atoms with Crippen molar-refractivity contribution >= 4 is 22.6 Å². The van der Waals surface area contributed by atoms with Gasteiger partial charge in [-0.15, -0.1) is 0 Å². The van der Waals surface area contributed by atoms with Crippen molar-refractivity contribution in [2.75, 3.05) is 0 Å². The highest BCUT2D eigenvalue weighted by molar-refractivity contribution is 14.1. The second kappa shape index (κ2) is 5.44. The third-order valence-electron chi connectivity index (χ3n) is 2.25. The summed E-state index contributed by atoms with van der Waals surface area (Å²) in [4.78, 5) is 8.59. The Kier molecular flexibility index (Phi) is 3.93. The molecular weight excluding hydrogens is 327 g/mol. The maximum atomic E-state index is 5.73. The fourth-order valence-electron chi connectivity index (χ4n) is 1.48. The Morgan fingerprint density at radius 3 is 2.76 bits per heavy atom. The molecule has 0 aliphatic carbocycles. The van der Waals surface area contributed by atoms with Crippen LogP contribution in [-0.2, 0) is 6.42 Å². The smallest absolute Gasteiger partial charge is 0.222 e. The molecule has 2 rings (SSSR count). The quantitative estimate of drug-likeness (QED) is 0.799. The van der Waals surface area contributed by atoms with E-state index >= 15 is 0 Å². The lowest BCUT2D eigenvalue weighted by molar-refractivity contribution is 0.458. The van der Waals surface area contributed by atoms with Crippen LogP contribution in [0.2, 0.25) is 0 Å². The maximum Gasteiger partial charge on any atom is 0.222 e. The molecule has 0 amide bonds. The summed E-state index contributed by atoms with van der Waals surface area (Å²) in [6.07, 6.45) is 0.881. The van der Waals surface area contributed by atoms with E-state index in [4.69, 9.17) is 4.74 Å². The van der Waals surface area contributed by atoms with Crippen molar-refractivity contribution in [2.24, 2.45) is 0 Å². The minimum Gasteiger partial charge on any atom is -0.439 e. The summed E-state index contributed by atoms with van der Waals surface area (Å²) in [5.74, 6) is 2.15. The van der Waals surface area contributed by atoms with E-state index in [1.165, 1.54) is 0 Å². The summed E-state index contributed by atoms with van der Waals surface area (Å²) in [5, 5.41) is 0. The van der Waals surface area contributed by atoms with Crippen molar-refractivity contribution in [1.82, 2.24) is 9.97 Å². The van der Waals surface area contributed by atoms with Crippen LogP contribution in [0, 0.1) is 10.5 Å². The van der Waals surface area contributed by atoms with Crippen LogP contribution in [0.4, 0.5) is 0 Å². The topological polar surface area (TPSA) is 35.0 Å². The van der Waals surface area contributed by atoms with Crippen molar-refractivity contribution in [3.8, 4) is 11.6 Å². The molecule has 1 aromatic heterocycles. The summed E-state index contributed by atoms with van der Waals surface area (Å²) in [5.41, 5.74) is 0.998. The zero-order valence-corrected chi connectivity index (χ0v) is 11.9. The molecule has 0 fully saturated rings. The third-order valence-corrected chi connectivity index (χ3v) is 2.92. The Balaban J connectivity index is 2.26. The first-order valence-electron chi connectivity index (χ1n) is 5.45. The van der Waals surface area contributed by atoms with Crippen LogP contribution < -0.4 is 4.74 Å². The third kappa shape index (κ3) is 3.39. The molecule has 0 atom stereocenters. The van der Waals surface area contributed by atoms with Gasteiger partial charge in [0.2, 0.25) is 5.88 Å². The van der Waals surface area contributed by atoms with Gasteiger partial charge in [0.05, 0.1) is 0 Å². The lowest BCUT2D eigenvalue weighted by Gasteiger charge is -2.07. The summed E-state index contributed by atoms with van der Waals surface area (Å²) >= 11 is 2.26. The predicted octanol–water partition coefficient (Wildman–Crippen LogP) is 3.74. The van der Waals surface area contributed by atoms with Crippen LogP contribution in [-0.4, -0.2) is 9.97 Å². The number of hydrogen-bond donors (Lipinski definition) is 0. The van der Waals surface area contributed by atoms with Crippen molar-refractivity contribution in [3.63, 3.8) is 0 Å². The van der Waals surface area contributed by atoms with Crippen LogP contribution in [0.15, 0.2) is 30.3 Å². The number of nitrogens with zero attached hydrogens (tertiary/aromatic N) is 2. The molecule has 17 heavy (non-hydrogen) atoms. The number of aromatic nitrogens is 2. The van der Waals surface area contributed by atoms with Crippen LogP contribution in [0.1, 0.15) is 18.4 Å². The van der Waals surface area contributed by atoms with E-state index < -0.39 is 0 Å². The molecule has 0 aliphatic rings. The standard InChI is InChI=1S/C13H13IN2O/c1-3-11-8-13(16-9(2)15-11)17-12-6-4-5-10(14)7-12/h4-8H,3H2,1-2H3. The first-order chi connectivity index (χ1) is 8.17. The van der Waals surface area contributed by atoms with E-state index in [-0.39, 0.29) is 0 Å². The number of halogens is 1. The van der Waals surface area contributed by atoms with Crippen molar-refractivity contribution in [1.29, 1.82) is 0 Å². The molecule has 1 heterocycles. The molecule has 0 aliphatic heterocycles. The van der Waals surface area contributed by atoms with Gasteiger partial charge in [0.25, 0.3) is 0 Å². The molecule has 2 aromatic rings. The van der Waals surface area contributed by atoms with Crippen LogP contribution in [0.3, 0.4) is 0 Å². The highest BCUT2D eigenvalue weighted by Crippen LogP contribution is 2.21. The summed E-state index contributed by atoms with van der Waals surface area (Å²) < 4.78 is 6.87. The van der Waals surface area contributed by atoms with Gasteiger partial charge in [0, 0.05) is 15.3 Å². The largest absolute Gasteiger partial charge is 0.439 e. The molecule has 4 heteroatoms. The first kappa shape index (κ1) is 12.3. The van der Waals surface area contributed by atoms with Gasteiger partial charge < -0.3 is 4.74 Å². The number of rotatable bonds is 3. The Labute approximate surface area is 114 Å². The lowest BCUT2D eigenvalue weighted by Crippen LogP contribution is -1.97. The highest BCUT2D eigenvalue weighted by Gasteiger charge is 2.03. The molecule has 3 nitrogen and oxygen atoms in total. The SMILES string of the molecule is CCc1cc(Oc2cccc(I)c2)nc(C)n1. The molecular formula is C13H13IN2O. The van der Waals surface area contributed by atoms with Crippen LogP contribution >= 0.6 is 22.6 Å². The van der Waals surface area contributed by atoms with Crippen molar-refractivity contribution in [3.05, 3.63) is 45.4 Å². The molecule has 0 unspecified atom stereocenters. The van der Waals surface area contributed by atoms with Gasteiger partial charge in [0.1, 0.15) is 11.6 Å². The van der Waals surface area contributed by atoms with E-state index in [0.29, 0.717) is 5.88 Å².